The second-order valence-corrected chi connectivity index (χ2v) is 10.6. The molecule has 0 atom stereocenters. The molecule has 0 radical (unpaired) electrons. The number of methoxy groups -OCH3 is 1. The average Bonchev–Trinajstić information content (AvgIpc) is 3.14. The smallest absolute Gasteiger partial charge is 0.346 e. The van der Waals surface area contributed by atoms with Crippen molar-refractivity contribution in [3.05, 3.63) is 97.6 Å². The molecule has 1 fully saturated rings. The van der Waals surface area contributed by atoms with E-state index in [1.807, 2.05) is 0 Å². The molecule has 4 rings (SSSR count). The Morgan fingerprint density at radius 1 is 1.11 bits per heavy atom. The van der Waals surface area contributed by atoms with Crippen LogP contribution in [-0.4, -0.2) is 36.5 Å². The van der Waals surface area contributed by atoms with Crippen LogP contribution in [0.25, 0.3) is 6.08 Å². The quantitative estimate of drug-likeness (QED) is 0.149. The Kier molecular flexibility index (Phi) is 7.71. The summed E-state index contributed by atoms with van der Waals surface area (Å²) in [5, 5.41) is 10.7. The van der Waals surface area contributed by atoms with Crippen molar-refractivity contribution in [3.63, 3.8) is 0 Å². The Labute approximate surface area is 224 Å². The van der Waals surface area contributed by atoms with E-state index in [0.717, 1.165) is 17.0 Å². The number of carbonyl (C=O) groups is 2. The van der Waals surface area contributed by atoms with Crippen LogP contribution in [0.2, 0.25) is 5.02 Å². The molecule has 38 heavy (non-hydrogen) atoms. The van der Waals surface area contributed by atoms with Gasteiger partial charge in [0, 0.05) is 16.7 Å². The molecule has 3 aromatic rings. The van der Waals surface area contributed by atoms with Gasteiger partial charge in [0.15, 0.2) is 16.4 Å². The van der Waals surface area contributed by atoms with Crippen LogP contribution >= 0.6 is 23.4 Å². The van der Waals surface area contributed by atoms with Crippen molar-refractivity contribution in [2.45, 2.75) is 11.4 Å². The van der Waals surface area contributed by atoms with Crippen molar-refractivity contribution in [1.82, 2.24) is 4.90 Å². The lowest BCUT2D eigenvalue weighted by molar-refractivity contribution is -0.387. The zero-order valence-electron chi connectivity index (χ0n) is 19.3. The van der Waals surface area contributed by atoms with Crippen LogP contribution in [0.1, 0.15) is 11.1 Å². The van der Waals surface area contributed by atoms with Crippen LogP contribution in [0.15, 0.2) is 70.5 Å². The number of amides is 2. The zero-order chi connectivity index (χ0) is 27.6. The number of thioether (sulfide) groups is 1. The second kappa shape index (κ2) is 10.8. The number of hydrogen-bond donors (Lipinski definition) is 0. The molecular formula is C24H16ClFN2O8S2. The summed E-state index contributed by atoms with van der Waals surface area (Å²) in [5.41, 5.74) is -0.303. The predicted molar refractivity (Wildman–Crippen MR) is 137 cm³/mol. The maximum Gasteiger partial charge on any atom is 0.346 e. The van der Waals surface area contributed by atoms with E-state index in [-0.39, 0.29) is 33.5 Å². The molecule has 10 nitrogen and oxygen atoms in total. The molecule has 0 N–H and O–H groups in total. The van der Waals surface area contributed by atoms with E-state index in [2.05, 4.69) is 0 Å². The van der Waals surface area contributed by atoms with E-state index >= 15 is 0 Å². The Morgan fingerprint density at radius 3 is 2.53 bits per heavy atom. The molecule has 1 saturated heterocycles. The minimum atomic E-state index is -4.61. The van der Waals surface area contributed by atoms with Gasteiger partial charge in [-0.2, -0.15) is 8.42 Å². The topological polar surface area (TPSA) is 133 Å². The van der Waals surface area contributed by atoms with E-state index in [9.17, 15) is 32.5 Å². The molecule has 0 bridgehead atoms. The number of nitro benzene ring substituents is 1. The van der Waals surface area contributed by atoms with Gasteiger partial charge in [-0.15, -0.1) is 0 Å². The van der Waals surface area contributed by atoms with Crippen LogP contribution < -0.4 is 8.92 Å². The summed E-state index contributed by atoms with van der Waals surface area (Å²) in [4.78, 5) is 36.0. The lowest BCUT2D eigenvalue weighted by atomic mass is 10.1. The van der Waals surface area contributed by atoms with E-state index in [1.165, 1.54) is 61.7 Å². The highest BCUT2D eigenvalue weighted by Crippen LogP contribution is 2.37. The third-order valence-electron chi connectivity index (χ3n) is 5.27. The summed E-state index contributed by atoms with van der Waals surface area (Å²) in [6.45, 7) is -0.354. The van der Waals surface area contributed by atoms with Crippen molar-refractivity contribution >= 4 is 56.4 Å². The summed E-state index contributed by atoms with van der Waals surface area (Å²) in [6.07, 6.45) is 1.37. The first-order chi connectivity index (χ1) is 18.0. The molecule has 0 aromatic heterocycles. The number of ether oxygens (including phenoxy) is 1. The lowest BCUT2D eigenvalue weighted by Gasteiger charge is -2.14. The molecule has 0 aliphatic carbocycles. The van der Waals surface area contributed by atoms with Crippen LogP contribution in [0, 0.1) is 15.9 Å². The molecule has 0 saturated carbocycles. The third kappa shape index (κ3) is 5.49. The van der Waals surface area contributed by atoms with Crippen LogP contribution in [0.3, 0.4) is 0 Å². The standard InChI is InChI=1S/C24H16ClFN2O8S2/c1-35-20-11-14(9-10-19(20)36-38(33,34)22-8-3-2-7-18(22)28(31)32)12-21-23(29)27(24(30)37-21)13-15-16(25)5-4-6-17(15)26/h2-12H,13H2,1H3/b21-12-. The first-order valence-corrected chi connectivity index (χ1v) is 13.2. The van der Waals surface area contributed by atoms with E-state index < -0.39 is 42.6 Å². The number of imide groups is 1. The van der Waals surface area contributed by atoms with Gasteiger partial charge in [0.2, 0.25) is 0 Å². The molecule has 1 aliphatic heterocycles. The van der Waals surface area contributed by atoms with E-state index in [4.69, 9.17) is 20.5 Å². The largest absolute Gasteiger partial charge is 0.493 e. The summed E-state index contributed by atoms with van der Waals surface area (Å²) < 4.78 is 50.0. The second-order valence-electron chi connectivity index (χ2n) is 7.64. The highest BCUT2D eigenvalue weighted by atomic mass is 35.5. The fraction of sp³-hybridized carbons (Fsp3) is 0.0833. The average molecular weight is 579 g/mol. The molecule has 3 aromatic carbocycles. The summed E-state index contributed by atoms with van der Waals surface area (Å²) in [5.74, 6) is -1.64. The van der Waals surface area contributed by atoms with Crippen molar-refractivity contribution < 1.29 is 36.2 Å². The summed E-state index contributed by atoms with van der Waals surface area (Å²) in [6, 6.07) is 12.7. The number of para-hydroxylation sites is 1. The van der Waals surface area contributed by atoms with Gasteiger partial charge in [0.05, 0.1) is 23.5 Å². The minimum Gasteiger partial charge on any atom is -0.493 e. The number of carbonyl (C=O) groups excluding carboxylic acids is 2. The van der Waals surface area contributed by atoms with Gasteiger partial charge in [0.25, 0.3) is 16.8 Å². The predicted octanol–water partition coefficient (Wildman–Crippen LogP) is 5.40. The first kappa shape index (κ1) is 27.1. The summed E-state index contributed by atoms with van der Waals surface area (Å²) >= 11 is 6.65. The molecule has 2 amide bonds. The van der Waals surface area contributed by atoms with Crippen molar-refractivity contribution in [3.8, 4) is 11.5 Å². The monoisotopic (exact) mass is 578 g/mol. The number of hydrogen-bond acceptors (Lipinski definition) is 9. The molecule has 1 heterocycles. The van der Waals surface area contributed by atoms with Crippen LogP contribution in [0.5, 0.6) is 11.5 Å². The number of rotatable bonds is 8. The maximum absolute atomic E-state index is 14.2. The van der Waals surface area contributed by atoms with Crippen molar-refractivity contribution in [2.75, 3.05) is 7.11 Å². The number of benzene rings is 3. The molecule has 14 heteroatoms. The Hall–Kier alpha value is -3.94. The van der Waals surface area contributed by atoms with Crippen LogP contribution in [0.4, 0.5) is 14.9 Å². The van der Waals surface area contributed by atoms with Crippen LogP contribution in [-0.2, 0) is 21.5 Å². The molecule has 0 spiro atoms. The third-order valence-corrected chi connectivity index (χ3v) is 7.81. The number of nitro groups is 1. The maximum atomic E-state index is 14.2. The van der Waals surface area contributed by atoms with E-state index in [1.54, 1.807) is 0 Å². The fourth-order valence-corrected chi connectivity index (χ4v) is 5.62. The van der Waals surface area contributed by atoms with Gasteiger partial charge < -0.3 is 8.92 Å². The highest BCUT2D eigenvalue weighted by Gasteiger charge is 2.36. The lowest BCUT2D eigenvalue weighted by Crippen LogP contribution is -2.28. The Morgan fingerprint density at radius 2 is 1.84 bits per heavy atom. The zero-order valence-corrected chi connectivity index (χ0v) is 21.7. The van der Waals surface area contributed by atoms with Gasteiger partial charge in [-0.05, 0) is 53.7 Å². The van der Waals surface area contributed by atoms with Gasteiger partial charge >= 0.3 is 10.1 Å². The van der Waals surface area contributed by atoms with Gasteiger partial charge in [0.1, 0.15) is 5.82 Å². The SMILES string of the molecule is COc1cc(/C=C2\SC(=O)N(Cc3c(F)cccc3Cl)C2=O)ccc1OS(=O)(=O)c1ccccc1[N+](=O)[O-]. The molecule has 1 aliphatic rings. The minimum absolute atomic E-state index is 0.000694. The molecular weight excluding hydrogens is 563 g/mol. The van der Waals surface area contributed by atoms with Crippen molar-refractivity contribution in [2.24, 2.45) is 0 Å². The number of nitrogens with zero attached hydrogens (tertiary/aromatic N) is 2. The Balaban J connectivity index is 1.59. The first-order valence-electron chi connectivity index (χ1n) is 10.6. The van der Waals surface area contributed by atoms with Gasteiger partial charge in [-0.25, -0.2) is 4.39 Å². The Bertz CT molecular complexity index is 1590. The number of halogens is 2. The van der Waals surface area contributed by atoms with Crippen molar-refractivity contribution in [1.29, 1.82) is 0 Å². The molecule has 0 unspecified atom stereocenters. The molecule has 196 valence electrons. The van der Waals surface area contributed by atoms with Gasteiger partial charge in [-0.3, -0.25) is 24.6 Å². The highest BCUT2D eigenvalue weighted by molar-refractivity contribution is 8.18. The fourth-order valence-electron chi connectivity index (χ4n) is 3.45. The van der Waals surface area contributed by atoms with Gasteiger partial charge in [-0.1, -0.05) is 35.9 Å². The normalized spacial score (nSPS) is 14.7. The summed E-state index contributed by atoms with van der Waals surface area (Å²) in [7, 11) is -3.36. The van der Waals surface area contributed by atoms with E-state index in [0.29, 0.717) is 17.3 Å².